The fourth-order valence-electron chi connectivity index (χ4n) is 2.66. The van der Waals surface area contributed by atoms with Crippen LogP contribution in [0.2, 0.25) is 0 Å². The number of hydrogen-bond acceptors (Lipinski definition) is 4. The van der Waals surface area contributed by atoms with Crippen LogP contribution >= 0.6 is 0 Å². The maximum atomic E-state index is 5.96. The molecule has 5 heteroatoms. The molecule has 3 rings (SSSR count). The summed E-state index contributed by atoms with van der Waals surface area (Å²) in [5.41, 5.74) is 2.38. The van der Waals surface area contributed by atoms with Crippen molar-refractivity contribution in [3.05, 3.63) is 48.3 Å². The molecular weight excluding hydrogens is 252 g/mol. The van der Waals surface area contributed by atoms with Gasteiger partial charge in [-0.1, -0.05) is 0 Å². The van der Waals surface area contributed by atoms with E-state index in [2.05, 4.69) is 15.3 Å². The Balaban J connectivity index is 1.68. The second kappa shape index (κ2) is 6.15. The summed E-state index contributed by atoms with van der Waals surface area (Å²) in [5.74, 6) is 0. The van der Waals surface area contributed by atoms with Gasteiger partial charge in [-0.05, 0) is 30.5 Å². The number of imidazole rings is 1. The number of ether oxygens (including phenoxy) is 1. The van der Waals surface area contributed by atoms with Crippen LogP contribution in [-0.2, 0) is 18.3 Å². The molecule has 3 heterocycles. The van der Waals surface area contributed by atoms with Crippen LogP contribution in [0.15, 0.2) is 37.1 Å². The molecule has 0 radical (unpaired) electrons. The van der Waals surface area contributed by atoms with Crippen molar-refractivity contribution >= 4 is 0 Å². The topological polar surface area (TPSA) is 52.0 Å². The van der Waals surface area contributed by atoms with Gasteiger partial charge in [-0.2, -0.15) is 0 Å². The summed E-state index contributed by atoms with van der Waals surface area (Å²) in [7, 11) is 2.02. The van der Waals surface area contributed by atoms with Crippen molar-refractivity contribution in [3.8, 4) is 0 Å². The van der Waals surface area contributed by atoms with Gasteiger partial charge in [-0.15, -0.1) is 0 Å². The second-order valence-electron chi connectivity index (χ2n) is 5.20. The lowest BCUT2D eigenvalue weighted by Gasteiger charge is -2.32. The Morgan fingerprint density at radius 1 is 1.35 bits per heavy atom. The summed E-state index contributed by atoms with van der Waals surface area (Å²) in [6, 6.07) is 4.41. The number of nitrogens with one attached hydrogen (secondary N) is 1. The van der Waals surface area contributed by atoms with Gasteiger partial charge in [0.15, 0.2) is 0 Å². The third-order valence-electron chi connectivity index (χ3n) is 3.82. The molecule has 2 aromatic rings. The molecule has 1 N–H and O–H groups in total. The van der Waals surface area contributed by atoms with Gasteiger partial charge in [0, 0.05) is 44.8 Å². The molecule has 0 aromatic carbocycles. The van der Waals surface area contributed by atoms with Gasteiger partial charge in [0.05, 0.1) is 18.1 Å². The van der Waals surface area contributed by atoms with Crippen molar-refractivity contribution in [2.45, 2.75) is 31.5 Å². The van der Waals surface area contributed by atoms with Crippen LogP contribution in [0.25, 0.3) is 0 Å². The largest absolute Gasteiger partial charge is 0.372 e. The van der Waals surface area contributed by atoms with Crippen molar-refractivity contribution in [1.82, 2.24) is 19.9 Å². The third-order valence-corrected chi connectivity index (χ3v) is 3.82. The number of nitrogens with zero attached hydrogens (tertiary/aromatic N) is 3. The lowest BCUT2D eigenvalue weighted by Crippen LogP contribution is -2.39. The predicted molar refractivity (Wildman–Crippen MR) is 76.0 cm³/mol. The van der Waals surface area contributed by atoms with Gasteiger partial charge in [-0.25, -0.2) is 4.98 Å². The van der Waals surface area contributed by atoms with Crippen LogP contribution in [-0.4, -0.2) is 27.2 Å². The Morgan fingerprint density at radius 3 is 2.95 bits per heavy atom. The fraction of sp³-hybridized carbons (Fsp3) is 0.467. The molecule has 0 aliphatic carbocycles. The first-order chi connectivity index (χ1) is 9.84. The average molecular weight is 272 g/mol. The van der Waals surface area contributed by atoms with Crippen LogP contribution in [0.3, 0.4) is 0 Å². The third kappa shape index (κ3) is 2.89. The molecule has 20 heavy (non-hydrogen) atoms. The maximum Gasteiger partial charge on any atom is 0.0978 e. The van der Waals surface area contributed by atoms with E-state index >= 15 is 0 Å². The Labute approximate surface area is 119 Å². The molecule has 0 saturated carbocycles. The van der Waals surface area contributed by atoms with Crippen LogP contribution in [0, 0.1) is 0 Å². The van der Waals surface area contributed by atoms with Gasteiger partial charge in [0.25, 0.3) is 0 Å². The van der Waals surface area contributed by atoms with E-state index in [9.17, 15) is 0 Å². The maximum absolute atomic E-state index is 5.96. The first kappa shape index (κ1) is 13.3. The molecular formula is C15H20N4O. The van der Waals surface area contributed by atoms with Gasteiger partial charge < -0.3 is 14.6 Å². The summed E-state index contributed by atoms with van der Waals surface area (Å²) in [6.45, 7) is 1.64. The van der Waals surface area contributed by atoms with Crippen molar-refractivity contribution in [2.75, 3.05) is 6.61 Å². The molecule has 1 fully saturated rings. The zero-order chi connectivity index (χ0) is 13.8. The molecule has 5 nitrogen and oxygen atoms in total. The normalized spacial score (nSPS) is 22.9. The van der Waals surface area contributed by atoms with E-state index in [0.29, 0.717) is 6.04 Å². The first-order valence-corrected chi connectivity index (χ1v) is 7.04. The van der Waals surface area contributed by atoms with Gasteiger partial charge >= 0.3 is 0 Å². The molecule has 0 bridgehead atoms. The highest BCUT2D eigenvalue weighted by atomic mass is 16.5. The van der Waals surface area contributed by atoms with E-state index < -0.39 is 0 Å². The van der Waals surface area contributed by atoms with Gasteiger partial charge in [0.2, 0.25) is 0 Å². The molecule has 0 amide bonds. The summed E-state index contributed by atoms with van der Waals surface area (Å²) in [4.78, 5) is 8.22. The molecule has 2 atom stereocenters. The average Bonchev–Trinajstić information content (AvgIpc) is 2.92. The Morgan fingerprint density at radius 2 is 2.20 bits per heavy atom. The summed E-state index contributed by atoms with van der Waals surface area (Å²) in [5, 5.41) is 3.61. The molecule has 1 saturated heterocycles. The van der Waals surface area contributed by atoms with Crippen molar-refractivity contribution < 1.29 is 4.74 Å². The lowest BCUT2D eigenvalue weighted by atomic mass is 9.96. The number of hydrogen-bond donors (Lipinski definition) is 1. The summed E-state index contributed by atoms with van der Waals surface area (Å²) < 4.78 is 8.00. The minimum absolute atomic E-state index is 0.111. The van der Waals surface area contributed by atoms with Crippen molar-refractivity contribution in [1.29, 1.82) is 0 Å². The van der Waals surface area contributed by atoms with Crippen molar-refractivity contribution in [3.63, 3.8) is 0 Å². The quantitative estimate of drug-likeness (QED) is 0.922. The van der Waals surface area contributed by atoms with Crippen LogP contribution < -0.4 is 5.32 Å². The summed E-state index contributed by atoms with van der Waals surface area (Å²) >= 11 is 0. The van der Waals surface area contributed by atoms with E-state index in [-0.39, 0.29) is 6.10 Å². The van der Waals surface area contributed by atoms with Gasteiger partial charge in [-0.3, -0.25) is 4.98 Å². The molecule has 1 aliphatic rings. The lowest BCUT2D eigenvalue weighted by molar-refractivity contribution is -0.0113. The molecule has 2 aromatic heterocycles. The standard InChI is InChI=1S/C15H20N4O/c1-19-11-17-9-13(19)10-18-14-3-2-8-20-15(14)12-4-6-16-7-5-12/h4-7,9,11,14-15,18H,2-3,8,10H2,1H3/t14-,15+/m0/s1. The molecule has 1 aliphatic heterocycles. The number of aryl methyl sites for hydroxylation is 1. The number of rotatable bonds is 4. The zero-order valence-corrected chi connectivity index (χ0v) is 11.7. The second-order valence-corrected chi connectivity index (χ2v) is 5.20. The van der Waals surface area contributed by atoms with E-state index in [0.717, 1.165) is 26.0 Å². The Bertz CT molecular complexity index is 540. The smallest absolute Gasteiger partial charge is 0.0978 e. The van der Waals surface area contributed by atoms with Crippen LogP contribution in [0.5, 0.6) is 0 Å². The SMILES string of the molecule is Cn1cncc1CN[C@H]1CCCO[C@@H]1c1ccncc1. The predicted octanol–water partition coefficient (Wildman–Crippen LogP) is 1.82. The number of pyridine rings is 1. The van der Waals surface area contributed by atoms with Crippen LogP contribution in [0.1, 0.15) is 30.2 Å². The fourth-order valence-corrected chi connectivity index (χ4v) is 2.66. The highest BCUT2D eigenvalue weighted by Crippen LogP contribution is 2.28. The molecule has 0 spiro atoms. The van der Waals surface area contributed by atoms with E-state index in [1.54, 1.807) is 0 Å². The Hall–Kier alpha value is -1.72. The van der Waals surface area contributed by atoms with E-state index in [1.807, 2.05) is 48.7 Å². The monoisotopic (exact) mass is 272 g/mol. The molecule has 0 unspecified atom stereocenters. The molecule has 106 valence electrons. The highest BCUT2D eigenvalue weighted by Gasteiger charge is 2.27. The minimum Gasteiger partial charge on any atom is -0.372 e. The van der Waals surface area contributed by atoms with Crippen molar-refractivity contribution in [2.24, 2.45) is 7.05 Å². The zero-order valence-electron chi connectivity index (χ0n) is 11.7. The first-order valence-electron chi connectivity index (χ1n) is 7.04. The van der Waals surface area contributed by atoms with E-state index in [4.69, 9.17) is 4.74 Å². The van der Waals surface area contributed by atoms with Gasteiger partial charge in [0.1, 0.15) is 0 Å². The summed E-state index contributed by atoms with van der Waals surface area (Å²) in [6.07, 6.45) is 9.72. The highest BCUT2D eigenvalue weighted by molar-refractivity contribution is 5.16. The van der Waals surface area contributed by atoms with Crippen LogP contribution in [0.4, 0.5) is 0 Å². The minimum atomic E-state index is 0.111. The number of aromatic nitrogens is 3. The Kier molecular flexibility index (Phi) is 4.08. The van der Waals surface area contributed by atoms with E-state index in [1.165, 1.54) is 11.3 Å².